The van der Waals surface area contributed by atoms with E-state index in [0.29, 0.717) is 0 Å². The van der Waals surface area contributed by atoms with Gasteiger partial charge in [-0.05, 0) is 46.3 Å². The van der Waals surface area contributed by atoms with Crippen molar-refractivity contribution in [3.05, 3.63) is 57.3 Å². The van der Waals surface area contributed by atoms with Crippen molar-refractivity contribution in [2.75, 3.05) is 5.32 Å². The molecule has 3 aromatic rings. The zero-order chi connectivity index (χ0) is 12.4. The second-order valence-corrected chi connectivity index (χ2v) is 5.87. The first-order valence-corrected chi connectivity index (χ1v) is 7.31. The van der Waals surface area contributed by atoms with E-state index in [1.54, 1.807) is 11.3 Å². The minimum atomic E-state index is 0.838. The van der Waals surface area contributed by atoms with Crippen LogP contribution in [0.25, 0.3) is 10.9 Å². The van der Waals surface area contributed by atoms with Gasteiger partial charge in [0.1, 0.15) is 0 Å². The fraction of sp³-hybridized carbons (Fsp3) is 0.0714. The van der Waals surface area contributed by atoms with Crippen LogP contribution in [0.1, 0.15) is 4.88 Å². The van der Waals surface area contributed by atoms with Gasteiger partial charge in [0.2, 0.25) is 0 Å². The Morgan fingerprint density at radius 3 is 3.00 bits per heavy atom. The van der Waals surface area contributed by atoms with Gasteiger partial charge in [0.15, 0.2) is 0 Å². The van der Waals surface area contributed by atoms with Gasteiger partial charge < -0.3 is 5.32 Å². The predicted molar refractivity (Wildman–Crippen MR) is 81.1 cm³/mol. The summed E-state index contributed by atoms with van der Waals surface area (Å²) >= 11 is 5.22. The zero-order valence-electron chi connectivity index (χ0n) is 9.56. The maximum Gasteiger partial charge on any atom is 0.0722 e. The van der Waals surface area contributed by atoms with Crippen LogP contribution < -0.4 is 5.32 Å². The lowest BCUT2D eigenvalue weighted by atomic mass is 10.2. The Labute approximate surface area is 118 Å². The van der Waals surface area contributed by atoms with Gasteiger partial charge in [0.05, 0.1) is 5.52 Å². The highest BCUT2D eigenvalue weighted by Gasteiger charge is 2.02. The molecule has 0 aliphatic carbocycles. The third-order valence-electron chi connectivity index (χ3n) is 2.72. The summed E-state index contributed by atoms with van der Waals surface area (Å²) < 4.78 is 1.14. The second kappa shape index (κ2) is 5.08. The molecule has 18 heavy (non-hydrogen) atoms. The molecule has 2 heterocycles. The molecular formula is C14H11BrN2S. The average molecular weight is 319 g/mol. The Morgan fingerprint density at radius 2 is 2.17 bits per heavy atom. The van der Waals surface area contributed by atoms with Crippen molar-refractivity contribution in [1.29, 1.82) is 0 Å². The summed E-state index contributed by atoms with van der Waals surface area (Å²) in [6, 6.07) is 12.3. The number of aromatic nitrogens is 1. The number of fused-ring (bicyclic) bond motifs is 1. The van der Waals surface area contributed by atoms with Crippen LogP contribution in [0.15, 0.2) is 52.4 Å². The van der Waals surface area contributed by atoms with Gasteiger partial charge in [-0.15, -0.1) is 11.3 Å². The van der Waals surface area contributed by atoms with Crippen LogP contribution in [-0.4, -0.2) is 4.98 Å². The summed E-state index contributed by atoms with van der Waals surface area (Å²) in [5, 5.41) is 6.73. The highest BCUT2D eigenvalue weighted by atomic mass is 79.9. The maximum absolute atomic E-state index is 4.36. The second-order valence-electron chi connectivity index (χ2n) is 3.96. The third-order valence-corrected chi connectivity index (χ3v) is 4.42. The van der Waals surface area contributed by atoms with E-state index in [2.05, 4.69) is 49.8 Å². The molecule has 0 amide bonds. The van der Waals surface area contributed by atoms with Crippen LogP contribution in [-0.2, 0) is 6.54 Å². The molecule has 2 aromatic heterocycles. The Balaban J connectivity index is 1.86. The summed E-state index contributed by atoms with van der Waals surface area (Å²) in [4.78, 5) is 5.66. The van der Waals surface area contributed by atoms with Crippen LogP contribution in [0.3, 0.4) is 0 Å². The van der Waals surface area contributed by atoms with Gasteiger partial charge in [0, 0.05) is 38.5 Å². The van der Waals surface area contributed by atoms with Crippen molar-refractivity contribution < 1.29 is 0 Å². The fourth-order valence-corrected chi connectivity index (χ4v) is 3.28. The predicted octanol–water partition coefficient (Wildman–Crippen LogP) is 4.67. The molecule has 2 nitrogen and oxygen atoms in total. The number of hydrogen-bond acceptors (Lipinski definition) is 3. The largest absolute Gasteiger partial charge is 0.380 e. The van der Waals surface area contributed by atoms with Gasteiger partial charge in [-0.2, -0.15) is 0 Å². The van der Waals surface area contributed by atoms with Gasteiger partial charge in [-0.3, -0.25) is 4.98 Å². The van der Waals surface area contributed by atoms with Gasteiger partial charge in [-0.25, -0.2) is 0 Å². The molecule has 0 spiro atoms. The number of pyridine rings is 1. The monoisotopic (exact) mass is 318 g/mol. The number of anilines is 1. The van der Waals surface area contributed by atoms with Crippen molar-refractivity contribution in [2.45, 2.75) is 6.54 Å². The number of benzene rings is 1. The van der Waals surface area contributed by atoms with Crippen molar-refractivity contribution in [2.24, 2.45) is 0 Å². The van der Waals surface area contributed by atoms with Crippen LogP contribution in [0, 0.1) is 0 Å². The molecule has 0 atom stereocenters. The molecule has 0 aliphatic rings. The summed E-state index contributed by atoms with van der Waals surface area (Å²) in [5.74, 6) is 0. The number of hydrogen-bond donors (Lipinski definition) is 1. The van der Waals surface area contributed by atoms with E-state index in [0.717, 1.165) is 27.6 Å². The molecule has 0 unspecified atom stereocenters. The first-order chi connectivity index (χ1) is 8.83. The average Bonchev–Trinajstić information content (AvgIpc) is 2.82. The maximum atomic E-state index is 4.36. The minimum absolute atomic E-state index is 0.838. The summed E-state index contributed by atoms with van der Waals surface area (Å²) in [6.07, 6.45) is 1.82. The van der Waals surface area contributed by atoms with E-state index in [9.17, 15) is 0 Å². The van der Waals surface area contributed by atoms with Crippen molar-refractivity contribution in [1.82, 2.24) is 4.98 Å². The molecule has 0 radical (unpaired) electrons. The van der Waals surface area contributed by atoms with E-state index in [-0.39, 0.29) is 0 Å². The van der Waals surface area contributed by atoms with Crippen molar-refractivity contribution in [3.63, 3.8) is 0 Å². The van der Waals surface area contributed by atoms with E-state index in [1.807, 2.05) is 24.4 Å². The highest BCUT2D eigenvalue weighted by Crippen LogP contribution is 2.24. The van der Waals surface area contributed by atoms with E-state index in [1.165, 1.54) is 4.88 Å². The Bertz CT molecular complexity index is 673. The van der Waals surface area contributed by atoms with Crippen molar-refractivity contribution in [3.8, 4) is 0 Å². The zero-order valence-corrected chi connectivity index (χ0v) is 12.0. The summed E-state index contributed by atoms with van der Waals surface area (Å²) in [5.41, 5.74) is 2.15. The number of nitrogens with one attached hydrogen (secondary N) is 1. The van der Waals surface area contributed by atoms with Gasteiger partial charge in [-0.1, -0.05) is 6.07 Å². The van der Waals surface area contributed by atoms with E-state index < -0.39 is 0 Å². The standard InChI is InChI=1S/C14H11BrN2S/c15-10-7-11(18-9-10)8-17-14-5-1-4-13-12(14)3-2-6-16-13/h1-7,9,17H,8H2. The third kappa shape index (κ3) is 2.40. The molecule has 0 aliphatic heterocycles. The number of nitrogens with zero attached hydrogens (tertiary/aromatic N) is 1. The molecule has 1 aromatic carbocycles. The first-order valence-electron chi connectivity index (χ1n) is 5.63. The molecule has 0 bridgehead atoms. The molecule has 0 fully saturated rings. The molecule has 4 heteroatoms. The Hall–Kier alpha value is -1.39. The molecule has 3 rings (SSSR count). The minimum Gasteiger partial charge on any atom is -0.380 e. The normalized spacial score (nSPS) is 10.7. The molecule has 0 saturated carbocycles. The molecule has 90 valence electrons. The lowest BCUT2D eigenvalue weighted by Gasteiger charge is -2.08. The SMILES string of the molecule is Brc1csc(CNc2cccc3ncccc23)c1. The van der Waals surface area contributed by atoms with E-state index >= 15 is 0 Å². The van der Waals surface area contributed by atoms with Crippen molar-refractivity contribution >= 4 is 43.9 Å². The highest BCUT2D eigenvalue weighted by molar-refractivity contribution is 9.10. The van der Waals surface area contributed by atoms with Crippen LogP contribution in [0.5, 0.6) is 0 Å². The topological polar surface area (TPSA) is 24.9 Å². The number of rotatable bonds is 3. The van der Waals surface area contributed by atoms with Gasteiger partial charge in [0.25, 0.3) is 0 Å². The molecule has 1 N–H and O–H groups in total. The lowest BCUT2D eigenvalue weighted by molar-refractivity contribution is 1.20. The molecular weight excluding hydrogens is 308 g/mol. The summed E-state index contributed by atoms with van der Waals surface area (Å²) in [7, 11) is 0. The molecule has 0 saturated heterocycles. The van der Waals surface area contributed by atoms with Gasteiger partial charge >= 0.3 is 0 Å². The number of halogens is 1. The van der Waals surface area contributed by atoms with Crippen LogP contribution in [0.2, 0.25) is 0 Å². The van der Waals surface area contributed by atoms with E-state index in [4.69, 9.17) is 0 Å². The first kappa shape index (κ1) is 11.7. The Kier molecular flexibility index (Phi) is 3.30. The fourth-order valence-electron chi connectivity index (χ4n) is 1.89. The van der Waals surface area contributed by atoms with Crippen LogP contribution >= 0.6 is 27.3 Å². The smallest absolute Gasteiger partial charge is 0.0722 e. The van der Waals surface area contributed by atoms with Crippen LogP contribution in [0.4, 0.5) is 5.69 Å². The lowest BCUT2D eigenvalue weighted by Crippen LogP contribution is -1.98. The summed E-state index contributed by atoms with van der Waals surface area (Å²) in [6.45, 7) is 0.838. The number of thiophene rings is 1. The quantitative estimate of drug-likeness (QED) is 0.759. The Morgan fingerprint density at radius 1 is 1.22 bits per heavy atom.